The molecular weight excluding hydrogens is 821 g/mol. The van der Waals surface area contributed by atoms with Gasteiger partial charge in [0.15, 0.2) is 17.3 Å². The average molecular weight is 887 g/mol. The molecule has 66 heavy (non-hydrogen) atoms. The van der Waals surface area contributed by atoms with Crippen molar-refractivity contribution in [3.63, 3.8) is 0 Å². The second-order valence-corrected chi connectivity index (χ2v) is 17.1. The molecule has 7 heteroatoms. The third-order valence-corrected chi connectivity index (χ3v) is 11.8. The van der Waals surface area contributed by atoms with Gasteiger partial charge in [0.2, 0.25) is 11.2 Å². The van der Waals surface area contributed by atoms with E-state index < -0.39 is 0 Å². The van der Waals surface area contributed by atoms with E-state index >= 15 is 0 Å². The van der Waals surface area contributed by atoms with Crippen molar-refractivity contribution in [2.75, 3.05) is 6.61 Å². The lowest BCUT2D eigenvalue weighted by atomic mass is 10.0. The van der Waals surface area contributed by atoms with Gasteiger partial charge in [-0.25, -0.2) is 0 Å². The standard InChI is InChI=1S/C59H66O7/c1-2-3-4-5-6-7-8-9-10-11-12-13-14-27-38-61-59-57(60)56-54(65-45-49-34-25-18-26-35-49)40-51(62-42-46-28-19-15-20-29-46)41-55(56)66-58(59)50-36-37-52(63-43-47-30-21-16-22-31-47)53(39-50)64-44-48-32-23-17-24-33-48/h15-26,28-37,39-41H,2-14,27,38,42-45H2,1H3. The second-order valence-electron chi connectivity index (χ2n) is 17.1. The van der Waals surface area contributed by atoms with Crippen LogP contribution in [0, 0.1) is 0 Å². The fourth-order valence-corrected chi connectivity index (χ4v) is 8.06. The van der Waals surface area contributed by atoms with Crippen LogP contribution in [0.2, 0.25) is 0 Å². The molecule has 6 aromatic carbocycles. The largest absolute Gasteiger partial charge is 0.489 e. The fourth-order valence-electron chi connectivity index (χ4n) is 8.06. The summed E-state index contributed by atoms with van der Waals surface area (Å²) >= 11 is 0. The Morgan fingerprint density at radius 1 is 0.409 bits per heavy atom. The zero-order chi connectivity index (χ0) is 45.4. The maximum atomic E-state index is 15.0. The molecule has 1 heterocycles. The smallest absolute Gasteiger partial charge is 0.239 e. The summed E-state index contributed by atoms with van der Waals surface area (Å²) in [6.45, 7) is 3.90. The summed E-state index contributed by atoms with van der Waals surface area (Å²) in [7, 11) is 0. The van der Waals surface area contributed by atoms with E-state index in [-0.39, 0.29) is 17.8 Å². The molecule has 0 radical (unpaired) electrons. The number of benzene rings is 6. The highest BCUT2D eigenvalue weighted by atomic mass is 16.5. The minimum atomic E-state index is -0.314. The SMILES string of the molecule is CCCCCCCCCCCCCCCCOc1c(-c2ccc(OCc3ccccc3)c(OCc3ccccc3)c2)oc2cc(OCc3ccccc3)cc(OCc3ccccc3)c2c1=O. The van der Waals surface area contributed by atoms with Gasteiger partial charge < -0.3 is 28.1 Å². The van der Waals surface area contributed by atoms with Gasteiger partial charge in [-0.2, -0.15) is 0 Å². The number of unbranched alkanes of at least 4 members (excludes halogenated alkanes) is 13. The minimum absolute atomic E-state index is 0.131. The molecule has 7 aromatic rings. The molecule has 7 nitrogen and oxygen atoms in total. The Labute approximate surface area is 391 Å². The van der Waals surface area contributed by atoms with Crippen LogP contribution in [0.5, 0.6) is 28.7 Å². The quantitative estimate of drug-likeness (QED) is 0.0434. The van der Waals surface area contributed by atoms with Gasteiger partial charge >= 0.3 is 0 Å². The molecule has 7 rings (SSSR count). The van der Waals surface area contributed by atoms with Crippen LogP contribution in [0.3, 0.4) is 0 Å². The Hall–Kier alpha value is -6.47. The predicted octanol–water partition coefficient (Wildman–Crippen LogP) is 15.6. The molecule has 0 bridgehead atoms. The number of fused-ring (bicyclic) bond motifs is 1. The van der Waals surface area contributed by atoms with E-state index in [0.29, 0.717) is 71.7 Å². The maximum Gasteiger partial charge on any atom is 0.239 e. The summed E-state index contributed by atoms with van der Waals surface area (Å²) in [6.07, 6.45) is 17.6. The highest BCUT2D eigenvalue weighted by Gasteiger charge is 2.24. The predicted molar refractivity (Wildman–Crippen MR) is 267 cm³/mol. The van der Waals surface area contributed by atoms with Crippen molar-refractivity contribution in [2.24, 2.45) is 0 Å². The zero-order valence-corrected chi connectivity index (χ0v) is 38.7. The first-order chi connectivity index (χ1) is 32.6. The van der Waals surface area contributed by atoms with Gasteiger partial charge in [-0.15, -0.1) is 0 Å². The van der Waals surface area contributed by atoms with Crippen LogP contribution in [-0.2, 0) is 26.4 Å². The summed E-state index contributed by atoms with van der Waals surface area (Å²) in [5, 5.41) is 0.293. The third kappa shape index (κ3) is 14.8. The van der Waals surface area contributed by atoms with E-state index in [0.717, 1.165) is 41.5 Å². The second kappa shape index (κ2) is 26.5. The number of hydrogen-bond donors (Lipinski definition) is 0. The summed E-state index contributed by atoms with van der Waals surface area (Å²) < 4.78 is 39.0. The maximum absolute atomic E-state index is 15.0. The Morgan fingerprint density at radius 3 is 1.35 bits per heavy atom. The first kappa shape index (κ1) is 47.5. The Kier molecular flexibility index (Phi) is 19.1. The van der Waals surface area contributed by atoms with E-state index in [4.69, 9.17) is 28.1 Å². The van der Waals surface area contributed by atoms with Crippen molar-refractivity contribution in [3.05, 3.63) is 184 Å². The number of hydrogen-bond acceptors (Lipinski definition) is 7. The molecule has 0 aliphatic carbocycles. The van der Waals surface area contributed by atoms with Gasteiger partial charge in [-0.3, -0.25) is 4.79 Å². The molecule has 0 fully saturated rings. The van der Waals surface area contributed by atoms with Crippen LogP contribution in [0.4, 0.5) is 0 Å². The van der Waals surface area contributed by atoms with Crippen molar-refractivity contribution in [3.8, 4) is 40.1 Å². The highest BCUT2D eigenvalue weighted by Crippen LogP contribution is 2.40. The molecule has 0 unspecified atom stereocenters. The van der Waals surface area contributed by atoms with E-state index in [1.807, 2.05) is 140 Å². The van der Waals surface area contributed by atoms with E-state index in [1.165, 1.54) is 70.6 Å². The Balaban J connectivity index is 1.16. The molecule has 0 atom stereocenters. The van der Waals surface area contributed by atoms with E-state index in [1.54, 1.807) is 12.1 Å². The molecule has 0 N–H and O–H groups in total. The Morgan fingerprint density at radius 2 is 0.848 bits per heavy atom. The summed E-state index contributed by atoms with van der Waals surface area (Å²) in [5.74, 6) is 2.38. The van der Waals surface area contributed by atoms with Crippen molar-refractivity contribution in [2.45, 2.75) is 123 Å². The first-order valence-corrected chi connectivity index (χ1v) is 24.2. The molecule has 1 aromatic heterocycles. The van der Waals surface area contributed by atoms with Crippen molar-refractivity contribution >= 4 is 11.0 Å². The van der Waals surface area contributed by atoms with E-state index in [2.05, 4.69) is 6.92 Å². The van der Waals surface area contributed by atoms with Crippen molar-refractivity contribution < 1.29 is 28.1 Å². The normalized spacial score (nSPS) is 11.1. The van der Waals surface area contributed by atoms with Gasteiger partial charge in [0.1, 0.15) is 48.9 Å². The summed E-state index contributed by atoms with van der Waals surface area (Å²) in [6, 6.07) is 49.1. The van der Waals surface area contributed by atoms with Crippen LogP contribution in [-0.4, -0.2) is 6.61 Å². The molecule has 0 spiro atoms. The molecule has 344 valence electrons. The van der Waals surface area contributed by atoms with Gasteiger partial charge in [0.25, 0.3) is 0 Å². The highest BCUT2D eigenvalue weighted by molar-refractivity contribution is 5.89. The number of ether oxygens (including phenoxy) is 5. The minimum Gasteiger partial charge on any atom is -0.489 e. The summed E-state index contributed by atoms with van der Waals surface area (Å²) in [4.78, 5) is 15.0. The lowest BCUT2D eigenvalue weighted by Gasteiger charge is -2.17. The molecule has 0 saturated carbocycles. The monoisotopic (exact) mass is 886 g/mol. The summed E-state index contributed by atoms with van der Waals surface area (Å²) in [5.41, 5.74) is 4.64. The van der Waals surface area contributed by atoms with Crippen LogP contribution in [0.15, 0.2) is 161 Å². The van der Waals surface area contributed by atoms with E-state index in [9.17, 15) is 4.79 Å². The number of rotatable bonds is 29. The van der Waals surface area contributed by atoms with Crippen LogP contribution < -0.4 is 29.1 Å². The van der Waals surface area contributed by atoms with Crippen molar-refractivity contribution in [1.29, 1.82) is 0 Å². The zero-order valence-electron chi connectivity index (χ0n) is 38.7. The van der Waals surface area contributed by atoms with Crippen LogP contribution >= 0.6 is 0 Å². The van der Waals surface area contributed by atoms with Gasteiger partial charge in [0.05, 0.1) is 6.61 Å². The average Bonchev–Trinajstić information content (AvgIpc) is 3.36. The van der Waals surface area contributed by atoms with Crippen molar-refractivity contribution in [1.82, 2.24) is 0 Å². The lowest BCUT2D eigenvalue weighted by Crippen LogP contribution is -2.13. The first-order valence-electron chi connectivity index (χ1n) is 24.2. The van der Waals surface area contributed by atoms with Crippen LogP contribution in [0.1, 0.15) is 119 Å². The topological polar surface area (TPSA) is 76.4 Å². The Bertz CT molecular complexity index is 2520. The fraction of sp³-hybridized carbons (Fsp3) is 0.339. The molecule has 0 aliphatic heterocycles. The molecular formula is C59H66O7. The van der Waals surface area contributed by atoms with Gasteiger partial charge in [0, 0.05) is 17.7 Å². The molecule has 0 saturated heterocycles. The molecule has 0 amide bonds. The lowest BCUT2D eigenvalue weighted by molar-refractivity contribution is 0.256. The molecule has 0 aliphatic rings. The van der Waals surface area contributed by atoms with Gasteiger partial charge in [-0.1, -0.05) is 212 Å². The van der Waals surface area contributed by atoms with Crippen LogP contribution in [0.25, 0.3) is 22.3 Å². The third-order valence-electron chi connectivity index (χ3n) is 11.8. The van der Waals surface area contributed by atoms with Gasteiger partial charge in [-0.05, 0) is 46.9 Å².